The van der Waals surface area contributed by atoms with E-state index >= 15 is 0 Å². The van der Waals surface area contributed by atoms with Crippen LogP contribution < -0.4 is 0 Å². The third-order valence-electron chi connectivity index (χ3n) is 3.22. The first-order valence-electron chi connectivity index (χ1n) is 5.85. The molecule has 0 aromatic heterocycles. The van der Waals surface area contributed by atoms with Crippen LogP contribution in [-0.2, 0) is 4.33 Å². The van der Waals surface area contributed by atoms with E-state index < -0.39 is 4.33 Å². The van der Waals surface area contributed by atoms with Gasteiger partial charge in [0.25, 0.3) is 0 Å². The third-order valence-corrected chi connectivity index (χ3v) is 3.63. The standard InChI is InChI=1S/C16H12Cl2/c1-16(17,18)15-8-4-7-13-9-11-5-2-3-6-12(11)10-14(13)15/h2-10H,1H3. The van der Waals surface area contributed by atoms with E-state index in [1.807, 2.05) is 24.3 Å². The predicted molar refractivity (Wildman–Crippen MR) is 80.5 cm³/mol. The van der Waals surface area contributed by atoms with Crippen molar-refractivity contribution < 1.29 is 0 Å². The number of halogens is 2. The zero-order valence-corrected chi connectivity index (χ0v) is 11.5. The van der Waals surface area contributed by atoms with Gasteiger partial charge in [0.15, 0.2) is 0 Å². The Morgan fingerprint density at radius 1 is 0.778 bits per heavy atom. The van der Waals surface area contributed by atoms with Gasteiger partial charge in [-0.25, -0.2) is 0 Å². The minimum atomic E-state index is -0.873. The van der Waals surface area contributed by atoms with Crippen molar-refractivity contribution in [1.82, 2.24) is 0 Å². The fourth-order valence-corrected chi connectivity index (χ4v) is 2.68. The minimum absolute atomic E-state index is 0.873. The second-order valence-electron chi connectivity index (χ2n) is 4.61. The second kappa shape index (κ2) is 4.15. The molecule has 0 saturated carbocycles. The van der Waals surface area contributed by atoms with Crippen LogP contribution in [0.4, 0.5) is 0 Å². The summed E-state index contributed by atoms with van der Waals surface area (Å²) in [4.78, 5) is 0. The quantitative estimate of drug-likeness (QED) is 0.398. The Balaban J connectivity index is 2.44. The van der Waals surface area contributed by atoms with E-state index in [2.05, 4.69) is 30.3 Å². The number of hydrogen-bond acceptors (Lipinski definition) is 0. The summed E-state index contributed by atoms with van der Waals surface area (Å²) in [6, 6.07) is 18.7. The molecule has 0 fully saturated rings. The van der Waals surface area contributed by atoms with Gasteiger partial charge < -0.3 is 0 Å². The summed E-state index contributed by atoms with van der Waals surface area (Å²) in [5.74, 6) is 0. The van der Waals surface area contributed by atoms with Gasteiger partial charge in [-0.2, -0.15) is 0 Å². The fourth-order valence-electron chi connectivity index (χ4n) is 2.35. The molecule has 90 valence electrons. The molecule has 0 aliphatic carbocycles. The Labute approximate surface area is 116 Å². The average molecular weight is 275 g/mol. The van der Waals surface area contributed by atoms with Gasteiger partial charge in [0.1, 0.15) is 4.33 Å². The molecule has 0 nitrogen and oxygen atoms in total. The van der Waals surface area contributed by atoms with Crippen LogP contribution in [0.5, 0.6) is 0 Å². The van der Waals surface area contributed by atoms with Crippen LogP contribution in [0.1, 0.15) is 12.5 Å². The van der Waals surface area contributed by atoms with Crippen molar-refractivity contribution >= 4 is 44.7 Å². The van der Waals surface area contributed by atoms with Gasteiger partial charge >= 0.3 is 0 Å². The molecular weight excluding hydrogens is 263 g/mol. The molecular formula is C16H12Cl2. The van der Waals surface area contributed by atoms with Crippen LogP contribution in [0, 0.1) is 0 Å². The monoisotopic (exact) mass is 274 g/mol. The van der Waals surface area contributed by atoms with Crippen LogP contribution in [0.25, 0.3) is 21.5 Å². The van der Waals surface area contributed by atoms with E-state index in [0.717, 1.165) is 10.9 Å². The first kappa shape index (κ1) is 11.8. The molecule has 3 aromatic rings. The summed E-state index contributed by atoms with van der Waals surface area (Å²) >= 11 is 12.5. The maximum absolute atomic E-state index is 6.25. The molecule has 2 heteroatoms. The van der Waals surface area contributed by atoms with E-state index in [1.54, 1.807) is 6.92 Å². The SMILES string of the molecule is CC(Cl)(Cl)c1cccc2cc3ccccc3cc12. The molecule has 0 saturated heterocycles. The van der Waals surface area contributed by atoms with Crippen LogP contribution in [-0.4, -0.2) is 0 Å². The molecule has 18 heavy (non-hydrogen) atoms. The molecule has 0 atom stereocenters. The first-order chi connectivity index (χ1) is 8.55. The van der Waals surface area contributed by atoms with E-state index in [1.165, 1.54) is 16.2 Å². The lowest BCUT2D eigenvalue weighted by molar-refractivity contribution is 0.991. The van der Waals surface area contributed by atoms with E-state index in [4.69, 9.17) is 23.2 Å². The average Bonchev–Trinajstić information content (AvgIpc) is 2.34. The van der Waals surface area contributed by atoms with Gasteiger partial charge in [-0.1, -0.05) is 65.7 Å². The van der Waals surface area contributed by atoms with Crippen LogP contribution in [0.2, 0.25) is 0 Å². The van der Waals surface area contributed by atoms with Crippen molar-refractivity contribution in [2.75, 3.05) is 0 Å². The summed E-state index contributed by atoms with van der Waals surface area (Å²) in [6.07, 6.45) is 0. The van der Waals surface area contributed by atoms with Crippen LogP contribution >= 0.6 is 23.2 Å². The van der Waals surface area contributed by atoms with E-state index in [9.17, 15) is 0 Å². The van der Waals surface area contributed by atoms with E-state index in [0.29, 0.717) is 0 Å². The van der Waals surface area contributed by atoms with Gasteiger partial charge in [0, 0.05) is 0 Å². The lowest BCUT2D eigenvalue weighted by Crippen LogP contribution is -2.04. The first-order valence-corrected chi connectivity index (χ1v) is 6.61. The van der Waals surface area contributed by atoms with Crippen molar-refractivity contribution in [3.05, 3.63) is 60.2 Å². The maximum Gasteiger partial charge on any atom is 0.141 e. The summed E-state index contributed by atoms with van der Waals surface area (Å²) in [7, 11) is 0. The molecule has 0 bridgehead atoms. The van der Waals surface area contributed by atoms with Crippen LogP contribution in [0.3, 0.4) is 0 Å². The van der Waals surface area contributed by atoms with E-state index in [-0.39, 0.29) is 0 Å². The van der Waals surface area contributed by atoms with Crippen molar-refractivity contribution in [1.29, 1.82) is 0 Å². The molecule has 0 N–H and O–H groups in total. The van der Waals surface area contributed by atoms with Gasteiger partial charge in [-0.3, -0.25) is 0 Å². The van der Waals surface area contributed by atoms with Crippen LogP contribution in [0.15, 0.2) is 54.6 Å². The van der Waals surface area contributed by atoms with Gasteiger partial charge in [-0.05, 0) is 46.2 Å². The molecule has 0 amide bonds. The third kappa shape index (κ3) is 1.96. The van der Waals surface area contributed by atoms with Crippen molar-refractivity contribution in [3.8, 4) is 0 Å². The largest absolute Gasteiger partial charge is 0.141 e. The molecule has 3 aromatic carbocycles. The Kier molecular flexibility index (Phi) is 2.73. The number of rotatable bonds is 1. The summed E-state index contributed by atoms with van der Waals surface area (Å²) in [5.41, 5.74) is 0.953. The fraction of sp³-hybridized carbons (Fsp3) is 0.125. The molecule has 3 rings (SSSR count). The number of fused-ring (bicyclic) bond motifs is 2. The Morgan fingerprint density at radius 3 is 2.06 bits per heavy atom. The predicted octanol–water partition coefficient (Wildman–Crippen LogP) is 5.64. The summed E-state index contributed by atoms with van der Waals surface area (Å²) < 4.78 is -0.873. The second-order valence-corrected chi connectivity index (χ2v) is 6.32. The van der Waals surface area contributed by atoms with Crippen molar-refractivity contribution in [3.63, 3.8) is 0 Å². The Morgan fingerprint density at radius 2 is 1.39 bits per heavy atom. The number of benzene rings is 3. The topological polar surface area (TPSA) is 0 Å². The molecule has 0 heterocycles. The van der Waals surface area contributed by atoms with Gasteiger partial charge in [-0.15, -0.1) is 0 Å². The highest BCUT2D eigenvalue weighted by Gasteiger charge is 2.21. The molecule has 0 radical (unpaired) electrons. The number of hydrogen-bond donors (Lipinski definition) is 0. The summed E-state index contributed by atoms with van der Waals surface area (Å²) in [6.45, 7) is 1.81. The smallest absolute Gasteiger partial charge is 0.0966 e. The molecule has 0 aliphatic heterocycles. The lowest BCUT2D eigenvalue weighted by Gasteiger charge is -2.17. The summed E-state index contributed by atoms with van der Waals surface area (Å²) in [5, 5.41) is 4.71. The molecule has 0 unspecified atom stereocenters. The highest BCUT2D eigenvalue weighted by molar-refractivity contribution is 6.48. The molecule has 0 spiro atoms. The Hall–Kier alpha value is -1.24. The zero-order valence-electron chi connectivity index (χ0n) is 9.95. The van der Waals surface area contributed by atoms with Gasteiger partial charge in [0.2, 0.25) is 0 Å². The molecule has 0 aliphatic rings. The van der Waals surface area contributed by atoms with Crippen molar-refractivity contribution in [2.45, 2.75) is 11.3 Å². The van der Waals surface area contributed by atoms with Gasteiger partial charge in [0.05, 0.1) is 0 Å². The van der Waals surface area contributed by atoms with Crippen molar-refractivity contribution in [2.24, 2.45) is 0 Å². The number of alkyl halides is 2. The minimum Gasteiger partial charge on any atom is -0.0966 e. The highest BCUT2D eigenvalue weighted by atomic mass is 35.5. The Bertz CT molecular complexity index is 724. The normalized spacial score (nSPS) is 12.2. The highest BCUT2D eigenvalue weighted by Crippen LogP contribution is 2.38. The zero-order chi connectivity index (χ0) is 12.8. The lowest BCUT2D eigenvalue weighted by atomic mass is 9.98. The maximum atomic E-state index is 6.25.